The van der Waals surface area contributed by atoms with Gasteiger partial charge in [-0.2, -0.15) is 9.40 Å². The topological polar surface area (TPSA) is 72.4 Å². The Morgan fingerprint density at radius 2 is 2.05 bits per heavy atom. The number of sulfonamides is 1. The minimum absolute atomic E-state index is 0.130. The normalized spacial score (nSPS) is 24.6. The zero-order valence-electron chi connectivity index (χ0n) is 11.5. The van der Waals surface area contributed by atoms with Crippen molar-refractivity contribution in [2.75, 3.05) is 13.1 Å². The van der Waals surface area contributed by atoms with Crippen LogP contribution >= 0.6 is 0 Å². The van der Waals surface area contributed by atoms with Gasteiger partial charge in [0.25, 0.3) is 0 Å². The molecule has 1 aliphatic heterocycles. The lowest BCUT2D eigenvalue weighted by molar-refractivity contribution is 0.123. The van der Waals surface area contributed by atoms with Crippen molar-refractivity contribution in [1.82, 2.24) is 14.5 Å². The van der Waals surface area contributed by atoms with Crippen LogP contribution in [0.15, 0.2) is 12.1 Å². The number of hydrogen-bond acceptors (Lipinski definition) is 5. The summed E-state index contributed by atoms with van der Waals surface area (Å²) in [6.45, 7) is 2.90. The fourth-order valence-electron chi connectivity index (χ4n) is 2.43. The molecule has 1 atom stereocenters. The van der Waals surface area contributed by atoms with Crippen molar-refractivity contribution in [3.8, 4) is 5.88 Å². The summed E-state index contributed by atoms with van der Waals surface area (Å²) in [5.41, 5.74) is 0.832. The molecule has 1 aromatic heterocycles. The number of piperidine rings is 1. The third-order valence-corrected chi connectivity index (χ3v) is 6.07. The molecule has 0 unspecified atom stereocenters. The first-order chi connectivity index (χ1) is 9.55. The molecule has 0 amide bonds. The van der Waals surface area contributed by atoms with Gasteiger partial charge in [0.15, 0.2) is 0 Å². The fraction of sp³-hybridized carbons (Fsp3) is 0.692. The highest BCUT2D eigenvalue weighted by molar-refractivity contribution is 7.90. The molecule has 1 saturated heterocycles. The third kappa shape index (κ3) is 2.93. The summed E-state index contributed by atoms with van der Waals surface area (Å²) in [4.78, 5) is 0. The Morgan fingerprint density at radius 1 is 1.25 bits per heavy atom. The Labute approximate surface area is 119 Å². The molecule has 0 spiro atoms. The lowest BCUT2D eigenvalue weighted by Gasteiger charge is -2.31. The van der Waals surface area contributed by atoms with E-state index >= 15 is 0 Å². The monoisotopic (exact) mass is 297 g/mol. The molecule has 0 N–H and O–H groups in total. The van der Waals surface area contributed by atoms with E-state index in [2.05, 4.69) is 10.2 Å². The second-order valence-electron chi connectivity index (χ2n) is 5.50. The molecule has 2 aliphatic rings. The van der Waals surface area contributed by atoms with Gasteiger partial charge in [0.1, 0.15) is 6.10 Å². The smallest absolute Gasteiger partial charge is 0.233 e. The van der Waals surface area contributed by atoms with Gasteiger partial charge >= 0.3 is 0 Å². The number of hydrogen-bond donors (Lipinski definition) is 0. The zero-order chi connectivity index (χ0) is 14.2. The maximum atomic E-state index is 12.2. The van der Waals surface area contributed by atoms with Crippen LogP contribution in [0.3, 0.4) is 0 Å². The number of aryl methyl sites for hydroxylation is 1. The summed E-state index contributed by atoms with van der Waals surface area (Å²) >= 11 is 0. The van der Waals surface area contributed by atoms with Crippen LogP contribution < -0.4 is 4.74 Å². The fourth-order valence-corrected chi connectivity index (χ4v) is 4.34. The van der Waals surface area contributed by atoms with Crippen LogP contribution in [-0.4, -0.2) is 47.4 Å². The second kappa shape index (κ2) is 5.29. The van der Waals surface area contributed by atoms with E-state index in [0.29, 0.717) is 19.0 Å². The largest absolute Gasteiger partial charge is 0.472 e. The standard InChI is InChI=1S/C13H19N3O3S/c1-10-4-7-13(15-14-10)19-11-3-2-8-16(9-11)20(17,18)12-5-6-12/h4,7,11-12H,2-3,5-6,8-9H2,1H3/t11-/m1/s1. The van der Waals surface area contributed by atoms with Crippen molar-refractivity contribution in [2.24, 2.45) is 0 Å². The molecule has 6 nitrogen and oxygen atoms in total. The minimum atomic E-state index is -3.10. The highest BCUT2D eigenvalue weighted by Crippen LogP contribution is 2.32. The molecule has 1 saturated carbocycles. The Hall–Kier alpha value is -1.21. The van der Waals surface area contributed by atoms with Gasteiger partial charge < -0.3 is 4.74 Å². The summed E-state index contributed by atoms with van der Waals surface area (Å²) in [5.74, 6) is 0.464. The molecule has 3 rings (SSSR count). The first kappa shape index (κ1) is 13.8. The lowest BCUT2D eigenvalue weighted by Crippen LogP contribution is -2.45. The van der Waals surface area contributed by atoms with Crippen LogP contribution in [0.1, 0.15) is 31.4 Å². The molecule has 0 aromatic carbocycles. The van der Waals surface area contributed by atoms with E-state index in [4.69, 9.17) is 4.74 Å². The van der Waals surface area contributed by atoms with Crippen LogP contribution in [0, 0.1) is 6.92 Å². The molecule has 20 heavy (non-hydrogen) atoms. The van der Waals surface area contributed by atoms with Gasteiger partial charge in [-0.25, -0.2) is 8.42 Å². The summed E-state index contributed by atoms with van der Waals surface area (Å²) in [5, 5.41) is 7.76. The maximum absolute atomic E-state index is 12.2. The van der Waals surface area contributed by atoms with Crippen LogP contribution in [-0.2, 0) is 10.0 Å². The molecule has 7 heteroatoms. The Balaban J connectivity index is 1.64. The maximum Gasteiger partial charge on any atom is 0.233 e. The summed E-state index contributed by atoms with van der Waals surface area (Å²) < 4.78 is 31.8. The highest BCUT2D eigenvalue weighted by atomic mass is 32.2. The minimum Gasteiger partial charge on any atom is -0.472 e. The van der Waals surface area contributed by atoms with E-state index in [1.54, 1.807) is 10.4 Å². The first-order valence-electron chi connectivity index (χ1n) is 7.01. The van der Waals surface area contributed by atoms with E-state index in [0.717, 1.165) is 31.4 Å². The summed E-state index contributed by atoms with van der Waals surface area (Å²) in [7, 11) is -3.10. The van der Waals surface area contributed by atoms with Gasteiger partial charge in [0.2, 0.25) is 15.9 Å². The van der Waals surface area contributed by atoms with Crippen molar-refractivity contribution < 1.29 is 13.2 Å². The van der Waals surface area contributed by atoms with Gasteiger partial charge in [-0.05, 0) is 38.7 Å². The van der Waals surface area contributed by atoms with Crippen LogP contribution in [0.5, 0.6) is 5.88 Å². The van der Waals surface area contributed by atoms with Gasteiger partial charge in [0.05, 0.1) is 17.5 Å². The van der Waals surface area contributed by atoms with Gasteiger partial charge in [0, 0.05) is 12.6 Å². The van der Waals surface area contributed by atoms with Crippen LogP contribution in [0.25, 0.3) is 0 Å². The van der Waals surface area contributed by atoms with E-state index < -0.39 is 10.0 Å². The van der Waals surface area contributed by atoms with Gasteiger partial charge in [-0.1, -0.05) is 0 Å². The predicted octanol–water partition coefficient (Wildman–Crippen LogP) is 1.12. The molecular formula is C13H19N3O3S. The van der Waals surface area contributed by atoms with E-state index in [1.807, 2.05) is 13.0 Å². The molecular weight excluding hydrogens is 278 g/mol. The van der Waals surface area contributed by atoms with Crippen LogP contribution in [0.2, 0.25) is 0 Å². The molecule has 0 bridgehead atoms. The van der Waals surface area contributed by atoms with Gasteiger partial charge in [-0.3, -0.25) is 0 Å². The first-order valence-corrected chi connectivity index (χ1v) is 8.52. The average Bonchev–Trinajstić information content (AvgIpc) is 3.27. The van der Waals surface area contributed by atoms with E-state index in [9.17, 15) is 8.42 Å². The number of nitrogens with zero attached hydrogens (tertiary/aromatic N) is 3. The molecule has 1 aromatic rings. The lowest BCUT2D eigenvalue weighted by atomic mass is 10.1. The Kier molecular flexibility index (Phi) is 3.64. The van der Waals surface area contributed by atoms with Crippen molar-refractivity contribution in [2.45, 2.75) is 44.0 Å². The highest BCUT2D eigenvalue weighted by Gasteiger charge is 2.41. The molecule has 2 fully saturated rings. The predicted molar refractivity (Wildman–Crippen MR) is 73.9 cm³/mol. The molecule has 1 aliphatic carbocycles. The van der Waals surface area contributed by atoms with Crippen molar-refractivity contribution in [3.05, 3.63) is 17.8 Å². The van der Waals surface area contributed by atoms with E-state index in [-0.39, 0.29) is 11.4 Å². The number of rotatable bonds is 4. The number of aromatic nitrogens is 2. The molecule has 2 heterocycles. The van der Waals surface area contributed by atoms with Gasteiger partial charge in [-0.15, -0.1) is 5.10 Å². The SMILES string of the molecule is Cc1ccc(O[C@@H]2CCCN(S(=O)(=O)C3CC3)C2)nn1. The summed E-state index contributed by atoms with van der Waals surface area (Å²) in [6.07, 6.45) is 3.15. The Bertz CT molecular complexity index is 569. The quantitative estimate of drug-likeness (QED) is 0.832. The van der Waals surface area contributed by atoms with Crippen LogP contribution in [0.4, 0.5) is 0 Å². The second-order valence-corrected chi connectivity index (χ2v) is 7.71. The summed E-state index contributed by atoms with van der Waals surface area (Å²) in [6, 6.07) is 3.61. The van der Waals surface area contributed by atoms with Crippen molar-refractivity contribution in [3.63, 3.8) is 0 Å². The Morgan fingerprint density at radius 3 is 2.70 bits per heavy atom. The molecule has 110 valence electrons. The van der Waals surface area contributed by atoms with Crippen molar-refractivity contribution in [1.29, 1.82) is 0 Å². The van der Waals surface area contributed by atoms with Crippen molar-refractivity contribution >= 4 is 10.0 Å². The average molecular weight is 297 g/mol. The third-order valence-electron chi connectivity index (χ3n) is 3.71. The molecule has 0 radical (unpaired) electrons. The van der Waals surface area contributed by atoms with E-state index in [1.165, 1.54) is 0 Å². The zero-order valence-corrected chi connectivity index (χ0v) is 12.3. The number of ether oxygens (including phenoxy) is 1.